The zero-order valence-electron chi connectivity index (χ0n) is 17.9. The van der Waals surface area contributed by atoms with Crippen LogP contribution in [0.1, 0.15) is 45.6 Å². The molecule has 1 atom stereocenters. The van der Waals surface area contributed by atoms with E-state index < -0.39 is 5.60 Å². The van der Waals surface area contributed by atoms with Crippen molar-refractivity contribution in [1.29, 1.82) is 0 Å². The van der Waals surface area contributed by atoms with E-state index in [0.29, 0.717) is 25.6 Å². The maximum Gasteiger partial charge on any atom is 0.410 e. The summed E-state index contributed by atoms with van der Waals surface area (Å²) in [5.74, 6) is 1.35. The van der Waals surface area contributed by atoms with Gasteiger partial charge in [-0.15, -0.1) is 24.0 Å². The summed E-state index contributed by atoms with van der Waals surface area (Å²) in [4.78, 5) is 20.6. The molecule has 1 aromatic rings. The summed E-state index contributed by atoms with van der Waals surface area (Å²) in [5, 5.41) is 7.65. The Morgan fingerprint density at radius 3 is 2.71 bits per heavy atom. The van der Waals surface area contributed by atoms with Crippen molar-refractivity contribution in [3.63, 3.8) is 0 Å². The number of aliphatic imine (C=N–C) groups is 1. The van der Waals surface area contributed by atoms with Gasteiger partial charge in [-0.3, -0.25) is 9.67 Å². The van der Waals surface area contributed by atoms with Crippen molar-refractivity contribution in [2.75, 3.05) is 39.8 Å². The van der Waals surface area contributed by atoms with Crippen LogP contribution in [0, 0.1) is 0 Å². The number of guanidine groups is 1. The van der Waals surface area contributed by atoms with Gasteiger partial charge in [-0.05, 0) is 39.7 Å². The third-order valence-corrected chi connectivity index (χ3v) is 4.59. The Balaban J connectivity index is 0.00000392. The lowest BCUT2D eigenvalue weighted by Gasteiger charge is -2.27. The normalized spacial score (nSPS) is 17.3. The summed E-state index contributed by atoms with van der Waals surface area (Å²) in [5.41, 5.74) is 0.794. The van der Waals surface area contributed by atoms with Crippen LogP contribution in [0.15, 0.2) is 17.4 Å². The molecule has 1 aliphatic heterocycles. The summed E-state index contributed by atoms with van der Waals surface area (Å²) in [6, 6.07) is 0. The van der Waals surface area contributed by atoms with Gasteiger partial charge in [0.2, 0.25) is 0 Å². The standard InChI is InChI=1S/C19H34N6O2.HI/c1-7-24(18(26)27-19(2,3)4)11-9-21-17(20-5)25-10-8-15(14-25)16-12-22-23(6)13-16;/h12-13,15H,7-11,14H2,1-6H3,(H,20,21);1H. The van der Waals surface area contributed by atoms with Crippen LogP contribution >= 0.6 is 24.0 Å². The fourth-order valence-corrected chi connectivity index (χ4v) is 3.22. The third-order valence-electron chi connectivity index (χ3n) is 4.59. The summed E-state index contributed by atoms with van der Waals surface area (Å²) in [6.07, 6.45) is 4.85. The van der Waals surface area contributed by atoms with Crippen LogP contribution in [0.3, 0.4) is 0 Å². The average Bonchev–Trinajstić information content (AvgIpc) is 3.22. The second-order valence-electron chi connectivity index (χ2n) is 7.91. The Morgan fingerprint density at radius 2 is 2.18 bits per heavy atom. The first-order valence-electron chi connectivity index (χ1n) is 9.65. The summed E-state index contributed by atoms with van der Waals surface area (Å²) in [6.45, 7) is 11.3. The smallest absolute Gasteiger partial charge is 0.410 e. The Hall–Kier alpha value is -1.52. The topological polar surface area (TPSA) is 75.0 Å². The number of likely N-dealkylation sites (N-methyl/N-ethyl adjacent to an activating group) is 1. The van der Waals surface area contributed by atoms with Crippen molar-refractivity contribution in [3.05, 3.63) is 18.0 Å². The van der Waals surface area contributed by atoms with Crippen molar-refractivity contribution in [3.8, 4) is 0 Å². The van der Waals surface area contributed by atoms with Crippen LogP contribution in [0.4, 0.5) is 4.79 Å². The predicted octanol–water partition coefficient (Wildman–Crippen LogP) is 2.66. The van der Waals surface area contributed by atoms with Crippen molar-refractivity contribution >= 4 is 36.0 Å². The average molecular weight is 506 g/mol. The Bertz CT molecular complexity index is 655. The van der Waals surface area contributed by atoms with Crippen LogP contribution in [-0.2, 0) is 11.8 Å². The minimum absolute atomic E-state index is 0. The predicted molar refractivity (Wildman–Crippen MR) is 122 cm³/mol. The fourth-order valence-electron chi connectivity index (χ4n) is 3.22. The highest BCUT2D eigenvalue weighted by Gasteiger charge is 2.27. The molecule has 1 amide bonds. The van der Waals surface area contributed by atoms with Crippen molar-refractivity contribution < 1.29 is 9.53 Å². The monoisotopic (exact) mass is 506 g/mol. The summed E-state index contributed by atoms with van der Waals surface area (Å²) >= 11 is 0. The first-order valence-corrected chi connectivity index (χ1v) is 9.65. The molecule has 0 saturated carbocycles. The number of aryl methyl sites for hydroxylation is 1. The van der Waals surface area contributed by atoms with Crippen LogP contribution in [-0.4, -0.2) is 77.0 Å². The molecule has 160 valence electrons. The van der Waals surface area contributed by atoms with Crippen molar-refractivity contribution in [2.24, 2.45) is 12.0 Å². The summed E-state index contributed by atoms with van der Waals surface area (Å²) in [7, 11) is 3.74. The van der Waals surface area contributed by atoms with Crippen molar-refractivity contribution in [2.45, 2.75) is 45.6 Å². The number of carbonyl (C=O) groups is 1. The highest BCUT2D eigenvalue weighted by Crippen LogP contribution is 2.26. The molecule has 0 radical (unpaired) electrons. The molecule has 0 spiro atoms. The van der Waals surface area contributed by atoms with E-state index in [2.05, 4.69) is 26.5 Å². The second-order valence-corrected chi connectivity index (χ2v) is 7.91. The van der Waals surface area contributed by atoms with Gasteiger partial charge >= 0.3 is 6.09 Å². The molecule has 1 N–H and O–H groups in total. The zero-order valence-corrected chi connectivity index (χ0v) is 20.3. The first-order chi connectivity index (χ1) is 12.7. The number of rotatable bonds is 5. The minimum Gasteiger partial charge on any atom is -0.444 e. The number of likely N-dealkylation sites (tertiary alicyclic amines) is 1. The van der Waals surface area contributed by atoms with Gasteiger partial charge in [0.25, 0.3) is 0 Å². The van der Waals surface area contributed by atoms with E-state index in [4.69, 9.17) is 4.74 Å². The van der Waals surface area contributed by atoms with Gasteiger partial charge in [0, 0.05) is 58.9 Å². The number of hydrogen-bond acceptors (Lipinski definition) is 4. The molecule has 2 rings (SSSR count). The number of nitrogens with one attached hydrogen (secondary N) is 1. The molecule has 1 aliphatic rings. The van der Waals surface area contributed by atoms with Gasteiger partial charge < -0.3 is 19.9 Å². The molecular weight excluding hydrogens is 471 g/mol. The molecule has 9 heteroatoms. The molecule has 1 fully saturated rings. The van der Waals surface area contributed by atoms with Gasteiger partial charge in [0.1, 0.15) is 5.60 Å². The molecular formula is C19H35IN6O2. The van der Waals surface area contributed by atoms with E-state index in [0.717, 1.165) is 25.5 Å². The minimum atomic E-state index is -0.481. The van der Waals surface area contributed by atoms with Crippen molar-refractivity contribution in [1.82, 2.24) is 24.9 Å². The highest BCUT2D eigenvalue weighted by atomic mass is 127. The lowest BCUT2D eigenvalue weighted by Crippen LogP contribution is -2.45. The maximum absolute atomic E-state index is 12.2. The number of hydrogen-bond donors (Lipinski definition) is 1. The number of carbonyl (C=O) groups excluding carboxylic acids is 1. The Morgan fingerprint density at radius 1 is 1.46 bits per heavy atom. The zero-order chi connectivity index (χ0) is 20.0. The molecule has 8 nitrogen and oxygen atoms in total. The maximum atomic E-state index is 12.2. The molecule has 1 unspecified atom stereocenters. The SMILES string of the molecule is CCN(CCNC(=NC)N1CCC(c2cnn(C)c2)C1)C(=O)OC(C)(C)C.I. The third kappa shape index (κ3) is 7.14. The van der Waals surface area contributed by atoms with Gasteiger partial charge in [-0.1, -0.05) is 0 Å². The number of amides is 1. The quantitative estimate of drug-likeness (QED) is 0.378. The van der Waals surface area contributed by atoms with Crippen LogP contribution in [0.2, 0.25) is 0 Å². The Kier molecular flexibility index (Phi) is 9.52. The first kappa shape index (κ1) is 24.5. The van der Waals surface area contributed by atoms with E-state index >= 15 is 0 Å². The highest BCUT2D eigenvalue weighted by molar-refractivity contribution is 14.0. The summed E-state index contributed by atoms with van der Waals surface area (Å²) < 4.78 is 7.30. The fraction of sp³-hybridized carbons (Fsp3) is 0.737. The molecule has 0 aliphatic carbocycles. The van der Waals surface area contributed by atoms with E-state index in [1.165, 1.54) is 5.56 Å². The molecule has 0 bridgehead atoms. The molecule has 1 aromatic heterocycles. The van der Waals surface area contributed by atoms with Crippen LogP contribution in [0.25, 0.3) is 0 Å². The van der Waals surface area contributed by atoms with E-state index in [-0.39, 0.29) is 30.1 Å². The number of ether oxygens (including phenoxy) is 1. The van der Waals surface area contributed by atoms with E-state index in [1.807, 2.05) is 45.6 Å². The molecule has 28 heavy (non-hydrogen) atoms. The van der Waals surface area contributed by atoms with E-state index in [9.17, 15) is 4.79 Å². The largest absolute Gasteiger partial charge is 0.444 e. The van der Waals surface area contributed by atoms with E-state index in [1.54, 1.807) is 11.9 Å². The number of nitrogens with zero attached hydrogens (tertiary/aromatic N) is 5. The Labute approximate surface area is 185 Å². The van der Waals surface area contributed by atoms with Crippen LogP contribution in [0.5, 0.6) is 0 Å². The lowest BCUT2D eigenvalue weighted by atomic mass is 10.0. The molecule has 0 aromatic carbocycles. The molecule has 2 heterocycles. The lowest BCUT2D eigenvalue weighted by molar-refractivity contribution is 0.0263. The molecule has 1 saturated heterocycles. The second kappa shape index (κ2) is 10.9. The van der Waals surface area contributed by atoms with Gasteiger partial charge in [-0.2, -0.15) is 5.10 Å². The van der Waals surface area contributed by atoms with Crippen LogP contribution < -0.4 is 5.32 Å². The van der Waals surface area contributed by atoms with Gasteiger partial charge in [-0.25, -0.2) is 4.79 Å². The number of halogens is 1. The van der Waals surface area contributed by atoms with Gasteiger partial charge in [0.05, 0.1) is 6.20 Å². The van der Waals surface area contributed by atoms with Gasteiger partial charge in [0.15, 0.2) is 5.96 Å². The number of aromatic nitrogens is 2.